The van der Waals surface area contributed by atoms with Crippen molar-refractivity contribution in [2.75, 3.05) is 6.54 Å². The lowest BCUT2D eigenvalue weighted by Crippen LogP contribution is -2.50. The Balaban J connectivity index is 2.10. The summed E-state index contributed by atoms with van der Waals surface area (Å²) in [5.41, 5.74) is 0. The Bertz CT molecular complexity index is 321. The predicted molar refractivity (Wildman–Crippen MR) is 66.4 cm³/mol. The molecule has 0 bridgehead atoms. The van der Waals surface area contributed by atoms with E-state index in [0.29, 0.717) is 11.8 Å². The molecule has 3 nitrogen and oxygen atoms in total. The normalized spacial score (nSPS) is 33.1. The van der Waals surface area contributed by atoms with Crippen LogP contribution in [0, 0.1) is 17.2 Å². The monoisotopic (exact) mass is 234 g/mol. The molecular formula is C14H22N2O. The molecule has 3 unspecified atom stereocenters. The molecule has 17 heavy (non-hydrogen) atoms. The first-order valence-electron chi connectivity index (χ1n) is 6.92. The molecule has 0 N–H and O–H groups in total. The fourth-order valence-electron chi connectivity index (χ4n) is 3.38. The Morgan fingerprint density at radius 3 is 2.76 bits per heavy atom. The van der Waals surface area contributed by atoms with Gasteiger partial charge in [0.25, 0.3) is 0 Å². The minimum atomic E-state index is -0.0463. The molecule has 1 saturated heterocycles. The first-order valence-corrected chi connectivity index (χ1v) is 6.92. The molecule has 0 radical (unpaired) electrons. The third kappa shape index (κ3) is 2.69. The third-order valence-corrected chi connectivity index (χ3v) is 4.34. The summed E-state index contributed by atoms with van der Waals surface area (Å²) < 4.78 is 0. The lowest BCUT2D eigenvalue weighted by atomic mass is 9.78. The van der Waals surface area contributed by atoms with E-state index in [9.17, 15) is 4.79 Å². The van der Waals surface area contributed by atoms with Crippen molar-refractivity contribution in [3.63, 3.8) is 0 Å². The van der Waals surface area contributed by atoms with E-state index in [1.54, 1.807) is 0 Å². The van der Waals surface area contributed by atoms with E-state index in [2.05, 4.69) is 11.0 Å². The second kappa shape index (κ2) is 5.64. The minimum Gasteiger partial charge on any atom is -0.299 e. The third-order valence-electron chi connectivity index (χ3n) is 4.34. The van der Waals surface area contributed by atoms with Crippen molar-refractivity contribution in [3.8, 4) is 6.07 Å². The molecule has 0 aromatic heterocycles. The van der Waals surface area contributed by atoms with Crippen molar-refractivity contribution < 1.29 is 4.79 Å². The van der Waals surface area contributed by atoms with Crippen LogP contribution < -0.4 is 0 Å². The van der Waals surface area contributed by atoms with Crippen LogP contribution in [0.25, 0.3) is 0 Å². The van der Waals surface area contributed by atoms with E-state index in [-0.39, 0.29) is 12.0 Å². The van der Waals surface area contributed by atoms with Crippen molar-refractivity contribution in [3.05, 3.63) is 0 Å². The number of ketones is 1. The first kappa shape index (κ1) is 12.6. The molecule has 1 saturated carbocycles. The summed E-state index contributed by atoms with van der Waals surface area (Å²) in [4.78, 5) is 14.3. The number of nitrogens with zero attached hydrogens (tertiary/aromatic N) is 2. The Morgan fingerprint density at radius 2 is 2.06 bits per heavy atom. The van der Waals surface area contributed by atoms with E-state index in [1.807, 2.05) is 6.92 Å². The van der Waals surface area contributed by atoms with Gasteiger partial charge in [-0.2, -0.15) is 5.26 Å². The zero-order valence-electron chi connectivity index (χ0n) is 10.7. The molecule has 0 spiro atoms. The van der Waals surface area contributed by atoms with E-state index < -0.39 is 0 Å². The summed E-state index contributed by atoms with van der Waals surface area (Å²) in [6, 6.07) is 2.63. The molecule has 1 aliphatic carbocycles. The van der Waals surface area contributed by atoms with Crippen molar-refractivity contribution in [2.45, 2.75) is 64.0 Å². The van der Waals surface area contributed by atoms with Crippen LogP contribution >= 0.6 is 0 Å². The van der Waals surface area contributed by atoms with Gasteiger partial charge in [-0.25, -0.2) is 0 Å². The molecule has 1 aliphatic heterocycles. The number of carbonyl (C=O) groups is 1. The van der Waals surface area contributed by atoms with Crippen LogP contribution in [0.3, 0.4) is 0 Å². The maximum absolute atomic E-state index is 12.0. The second-order valence-electron chi connectivity index (χ2n) is 5.42. The van der Waals surface area contributed by atoms with Crippen molar-refractivity contribution in [2.24, 2.45) is 5.92 Å². The summed E-state index contributed by atoms with van der Waals surface area (Å²) in [7, 11) is 0. The maximum atomic E-state index is 12.0. The predicted octanol–water partition coefficient (Wildman–Crippen LogP) is 2.51. The summed E-state index contributed by atoms with van der Waals surface area (Å²) in [5, 5.41) is 9.09. The van der Waals surface area contributed by atoms with Crippen LogP contribution in [0.2, 0.25) is 0 Å². The Kier molecular flexibility index (Phi) is 4.17. The van der Waals surface area contributed by atoms with E-state index in [4.69, 9.17) is 5.26 Å². The van der Waals surface area contributed by atoms with Gasteiger partial charge in [0, 0.05) is 18.4 Å². The number of carbonyl (C=O) groups excluding carboxylic acids is 1. The molecule has 0 amide bonds. The summed E-state index contributed by atoms with van der Waals surface area (Å²) in [5.74, 6) is 0.651. The van der Waals surface area contributed by atoms with Gasteiger partial charge in [-0.05, 0) is 39.2 Å². The average molecular weight is 234 g/mol. The van der Waals surface area contributed by atoms with Crippen LogP contribution in [-0.4, -0.2) is 29.3 Å². The molecule has 3 heteroatoms. The highest BCUT2D eigenvalue weighted by Gasteiger charge is 2.36. The van der Waals surface area contributed by atoms with Crippen LogP contribution in [0.1, 0.15) is 51.9 Å². The quantitative estimate of drug-likeness (QED) is 0.737. The molecule has 1 heterocycles. The number of likely N-dealkylation sites (tertiary alicyclic amines) is 1. The summed E-state index contributed by atoms with van der Waals surface area (Å²) >= 11 is 0. The fraction of sp³-hybridized carbons (Fsp3) is 0.857. The second-order valence-corrected chi connectivity index (χ2v) is 5.42. The average Bonchev–Trinajstić information content (AvgIpc) is 2.38. The maximum Gasteiger partial charge on any atom is 0.137 e. The first-order chi connectivity index (χ1) is 8.24. The van der Waals surface area contributed by atoms with Gasteiger partial charge in [-0.15, -0.1) is 0 Å². The van der Waals surface area contributed by atoms with Gasteiger partial charge >= 0.3 is 0 Å². The van der Waals surface area contributed by atoms with Gasteiger partial charge in [-0.1, -0.05) is 12.8 Å². The molecule has 2 rings (SSSR count). The molecule has 0 aromatic carbocycles. The van der Waals surface area contributed by atoms with E-state index in [0.717, 1.165) is 32.2 Å². The minimum absolute atomic E-state index is 0.0463. The van der Waals surface area contributed by atoms with Gasteiger partial charge in [0.1, 0.15) is 5.78 Å². The summed E-state index contributed by atoms with van der Waals surface area (Å²) in [6.45, 7) is 2.95. The zero-order chi connectivity index (χ0) is 12.3. The smallest absolute Gasteiger partial charge is 0.137 e. The number of Topliss-reactive ketones (excluding diaryl/α,β-unsaturated/α-hetero) is 1. The van der Waals surface area contributed by atoms with Crippen molar-refractivity contribution in [1.29, 1.82) is 5.26 Å². The van der Waals surface area contributed by atoms with Gasteiger partial charge in [0.2, 0.25) is 0 Å². The molecular weight excluding hydrogens is 212 g/mol. The van der Waals surface area contributed by atoms with Crippen LogP contribution in [0.15, 0.2) is 0 Å². The number of hydrogen-bond donors (Lipinski definition) is 0. The lowest BCUT2D eigenvalue weighted by Gasteiger charge is -2.42. The summed E-state index contributed by atoms with van der Waals surface area (Å²) in [6.07, 6.45) is 7.53. The largest absolute Gasteiger partial charge is 0.299 e. The highest BCUT2D eigenvalue weighted by molar-refractivity contribution is 5.82. The zero-order valence-corrected chi connectivity index (χ0v) is 10.7. The molecule has 2 fully saturated rings. The standard InChI is InChI=1S/C14H22N2O/c1-11(10-15)16-9-5-4-7-13(16)12-6-2-3-8-14(12)17/h11-13H,2-9H2,1H3. The van der Waals surface area contributed by atoms with Crippen LogP contribution in [0.4, 0.5) is 0 Å². The molecule has 0 aromatic rings. The van der Waals surface area contributed by atoms with Crippen LogP contribution in [0.5, 0.6) is 0 Å². The number of nitriles is 1. The molecule has 3 atom stereocenters. The van der Waals surface area contributed by atoms with E-state index in [1.165, 1.54) is 19.3 Å². The van der Waals surface area contributed by atoms with Gasteiger partial charge < -0.3 is 0 Å². The molecule has 2 aliphatic rings. The highest BCUT2D eigenvalue weighted by atomic mass is 16.1. The SMILES string of the molecule is CC(C#N)N1CCCCC1C1CCCCC1=O. The number of piperidine rings is 1. The van der Waals surface area contributed by atoms with Crippen LogP contribution in [-0.2, 0) is 4.79 Å². The topological polar surface area (TPSA) is 44.1 Å². The van der Waals surface area contributed by atoms with E-state index >= 15 is 0 Å². The molecule has 94 valence electrons. The number of hydrogen-bond acceptors (Lipinski definition) is 3. The Hall–Kier alpha value is -0.880. The number of rotatable bonds is 2. The Morgan fingerprint density at radius 1 is 1.29 bits per heavy atom. The highest BCUT2D eigenvalue weighted by Crippen LogP contribution is 2.32. The fourth-order valence-corrected chi connectivity index (χ4v) is 3.38. The lowest BCUT2D eigenvalue weighted by molar-refractivity contribution is -0.128. The van der Waals surface area contributed by atoms with Gasteiger partial charge in [-0.3, -0.25) is 9.69 Å². The van der Waals surface area contributed by atoms with Crippen molar-refractivity contribution >= 4 is 5.78 Å². The van der Waals surface area contributed by atoms with Gasteiger partial charge in [0.05, 0.1) is 12.1 Å². The Labute approximate surface area is 104 Å². The van der Waals surface area contributed by atoms with Gasteiger partial charge in [0.15, 0.2) is 0 Å². The van der Waals surface area contributed by atoms with Crippen molar-refractivity contribution in [1.82, 2.24) is 4.90 Å².